The van der Waals surface area contributed by atoms with Gasteiger partial charge in [0.05, 0.1) is 17.9 Å². The predicted molar refractivity (Wildman–Crippen MR) is 56.4 cm³/mol. The molecule has 0 aliphatic rings. The van der Waals surface area contributed by atoms with Gasteiger partial charge in [-0.15, -0.1) is 0 Å². The van der Waals surface area contributed by atoms with Gasteiger partial charge in [0.1, 0.15) is 0 Å². The van der Waals surface area contributed by atoms with E-state index in [0.29, 0.717) is 0 Å². The van der Waals surface area contributed by atoms with Crippen LogP contribution in [0, 0.1) is 11.6 Å². The fourth-order valence-corrected chi connectivity index (χ4v) is 2.29. The second kappa shape index (κ2) is 4.73. The third-order valence-electron chi connectivity index (χ3n) is 1.73. The SMILES string of the molecule is COc1c(CS(=O)(=O)Cl)cc(Cl)c(F)c1F. The van der Waals surface area contributed by atoms with Crippen molar-refractivity contribution in [3.63, 3.8) is 0 Å². The van der Waals surface area contributed by atoms with Crippen LogP contribution in [0.1, 0.15) is 5.56 Å². The van der Waals surface area contributed by atoms with Gasteiger partial charge in [-0.2, -0.15) is 4.39 Å². The quantitative estimate of drug-likeness (QED) is 0.635. The standard InChI is InChI=1S/C8H6Cl2F2O3S/c1-15-8-4(3-16(10,13)14)2-5(9)6(11)7(8)12/h2H,3H2,1H3. The van der Waals surface area contributed by atoms with Crippen LogP contribution < -0.4 is 4.74 Å². The zero-order valence-electron chi connectivity index (χ0n) is 7.93. The van der Waals surface area contributed by atoms with Crippen molar-refractivity contribution < 1.29 is 21.9 Å². The first-order chi connectivity index (χ1) is 7.26. The van der Waals surface area contributed by atoms with Crippen molar-refractivity contribution in [2.45, 2.75) is 5.75 Å². The molecule has 8 heteroatoms. The van der Waals surface area contributed by atoms with Crippen LogP contribution >= 0.6 is 22.3 Å². The number of hydrogen-bond donors (Lipinski definition) is 0. The molecule has 0 heterocycles. The van der Waals surface area contributed by atoms with Gasteiger partial charge in [-0.3, -0.25) is 0 Å². The van der Waals surface area contributed by atoms with E-state index in [1.54, 1.807) is 0 Å². The molecule has 1 aromatic rings. The minimum absolute atomic E-state index is 0.138. The molecule has 0 saturated carbocycles. The lowest BCUT2D eigenvalue weighted by Crippen LogP contribution is -2.03. The highest BCUT2D eigenvalue weighted by atomic mass is 35.7. The van der Waals surface area contributed by atoms with Gasteiger partial charge in [-0.25, -0.2) is 12.8 Å². The highest BCUT2D eigenvalue weighted by molar-refractivity contribution is 8.13. The van der Waals surface area contributed by atoms with E-state index in [2.05, 4.69) is 4.74 Å². The van der Waals surface area contributed by atoms with E-state index in [4.69, 9.17) is 22.3 Å². The number of halogens is 4. The number of rotatable bonds is 3. The molecule has 0 aliphatic heterocycles. The average Bonchev–Trinajstić information content (AvgIpc) is 2.12. The van der Waals surface area contributed by atoms with Gasteiger partial charge in [0.25, 0.3) is 0 Å². The molecule has 16 heavy (non-hydrogen) atoms. The first-order valence-corrected chi connectivity index (χ1v) is 6.74. The topological polar surface area (TPSA) is 43.4 Å². The first-order valence-electron chi connectivity index (χ1n) is 3.89. The van der Waals surface area contributed by atoms with E-state index >= 15 is 0 Å². The Bertz CT molecular complexity index is 517. The highest BCUT2D eigenvalue weighted by Crippen LogP contribution is 2.31. The summed E-state index contributed by atoms with van der Waals surface area (Å²) in [5.74, 6) is -3.86. The van der Waals surface area contributed by atoms with E-state index < -0.39 is 37.2 Å². The monoisotopic (exact) mass is 290 g/mol. The summed E-state index contributed by atoms with van der Waals surface area (Å²) in [5.41, 5.74) is -0.138. The molecule has 0 amide bonds. The minimum Gasteiger partial charge on any atom is -0.493 e. The van der Waals surface area contributed by atoms with Crippen molar-refractivity contribution in [1.82, 2.24) is 0 Å². The summed E-state index contributed by atoms with van der Waals surface area (Å²) in [4.78, 5) is 0. The molecule has 0 fully saturated rings. The summed E-state index contributed by atoms with van der Waals surface area (Å²) in [5, 5.41) is -0.534. The number of ether oxygens (including phenoxy) is 1. The van der Waals surface area contributed by atoms with Crippen LogP contribution in [0.3, 0.4) is 0 Å². The van der Waals surface area contributed by atoms with Gasteiger partial charge in [0.15, 0.2) is 11.6 Å². The maximum absolute atomic E-state index is 13.3. The molecule has 0 aromatic heterocycles. The summed E-state index contributed by atoms with van der Waals surface area (Å²) in [6.07, 6.45) is 0. The second-order valence-electron chi connectivity index (χ2n) is 2.86. The lowest BCUT2D eigenvalue weighted by Gasteiger charge is -2.09. The van der Waals surface area contributed by atoms with E-state index in [0.717, 1.165) is 13.2 Å². The van der Waals surface area contributed by atoms with Crippen molar-refractivity contribution in [3.05, 3.63) is 28.3 Å². The molecule has 0 aliphatic carbocycles. The molecule has 0 spiro atoms. The van der Waals surface area contributed by atoms with Gasteiger partial charge < -0.3 is 4.74 Å². The van der Waals surface area contributed by atoms with Crippen LogP contribution in [0.4, 0.5) is 8.78 Å². The normalized spacial score (nSPS) is 11.6. The lowest BCUT2D eigenvalue weighted by molar-refractivity contribution is 0.368. The summed E-state index contributed by atoms with van der Waals surface area (Å²) in [6.45, 7) is 0. The Morgan fingerprint density at radius 3 is 2.38 bits per heavy atom. The zero-order chi connectivity index (χ0) is 12.5. The zero-order valence-corrected chi connectivity index (χ0v) is 10.3. The Balaban J connectivity index is 3.39. The second-order valence-corrected chi connectivity index (χ2v) is 6.05. The molecule has 0 saturated heterocycles. The first kappa shape index (κ1) is 13.5. The maximum atomic E-state index is 13.3. The van der Waals surface area contributed by atoms with E-state index in [1.807, 2.05) is 0 Å². The smallest absolute Gasteiger partial charge is 0.236 e. The van der Waals surface area contributed by atoms with Crippen molar-refractivity contribution in [2.24, 2.45) is 0 Å². The molecule has 3 nitrogen and oxygen atoms in total. The number of benzene rings is 1. The fraction of sp³-hybridized carbons (Fsp3) is 0.250. The van der Waals surface area contributed by atoms with Gasteiger partial charge in [-0.05, 0) is 6.07 Å². The molecule has 0 bridgehead atoms. The van der Waals surface area contributed by atoms with Gasteiger partial charge >= 0.3 is 0 Å². The Kier molecular flexibility index (Phi) is 3.98. The molecule has 0 radical (unpaired) electrons. The molecule has 1 aromatic carbocycles. The van der Waals surface area contributed by atoms with E-state index in [9.17, 15) is 17.2 Å². The summed E-state index contributed by atoms with van der Waals surface area (Å²) >= 11 is 5.37. The third kappa shape index (κ3) is 2.96. The van der Waals surface area contributed by atoms with Crippen LogP contribution in [0.25, 0.3) is 0 Å². The lowest BCUT2D eigenvalue weighted by atomic mass is 10.2. The fourth-order valence-electron chi connectivity index (χ4n) is 1.14. The van der Waals surface area contributed by atoms with Gasteiger partial charge in [0, 0.05) is 16.2 Å². The van der Waals surface area contributed by atoms with Gasteiger partial charge in [0.2, 0.25) is 14.9 Å². The molecule has 90 valence electrons. The maximum Gasteiger partial charge on any atom is 0.236 e. The Morgan fingerprint density at radius 2 is 1.94 bits per heavy atom. The molecule has 1 rings (SSSR count). The highest BCUT2D eigenvalue weighted by Gasteiger charge is 2.21. The molecular formula is C8H6Cl2F2O3S. The van der Waals surface area contributed by atoms with Crippen molar-refractivity contribution in [3.8, 4) is 5.75 Å². The Hall–Kier alpha value is -0.590. The molecule has 0 atom stereocenters. The van der Waals surface area contributed by atoms with Gasteiger partial charge in [-0.1, -0.05) is 11.6 Å². The Labute approximate surface area is 100 Å². The van der Waals surface area contributed by atoms with Crippen LogP contribution in [-0.2, 0) is 14.8 Å². The minimum atomic E-state index is -3.91. The van der Waals surface area contributed by atoms with Crippen molar-refractivity contribution in [1.29, 1.82) is 0 Å². The van der Waals surface area contributed by atoms with Crippen molar-refractivity contribution >= 4 is 31.3 Å². The number of hydrogen-bond acceptors (Lipinski definition) is 3. The van der Waals surface area contributed by atoms with Crippen LogP contribution in [0.5, 0.6) is 5.75 Å². The predicted octanol–water partition coefficient (Wildman–Crippen LogP) is 2.70. The molecule has 0 unspecified atom stereocenters. The Morgan fingerprint density at radius 1 is 1.38 bits per heavy atom. The van der Waals surface area contributed by atoms with Crippen LogP contribution in [-0.4, -0.2) is 15.5 Å². The van der Waals surface area contributed by atoms with E-state index in [-0.39, 0.29) is 5.56 Å². The summed E-state index contributed by atoms with van der Waals surface area (Å²) in [6, 6.07) is 0.957. The average molecular weight is 291 g/mol. The van der Waals surface area contributed by atoms with E-state index in [1.165, 1.54) is 0 Å². The largest absolute Gasteiger partial charge is 0.493 e. The third-order valence-corrected chi connectivity index (χ3v) is 2.98. The van der Waals surface area contributed by atoms with Crippen LogP contribution in [0.2, 0.25) is 5.02 Å². The summed E-state index contributed by atoms with van der Waals surface area (Å²) < 4.78 is 52.5. The molecular weight excluding hydrogens is 285 g/mol. The molecule has 0 N–H and O–H groups in total. The summed E-state index contributed by atoms with van der Waals surface area (Å²) in [7, 11) is 2.17. The number of methoxy groups -OCH3 is 1. The van der Waals surface area contributed by atoms with Crippen molar-refractivity contribution in [2.75, 3.05) is 7.11 Å². The van der Waals surface area contributed by atoms with Crippen LogP contribution in [0.15, 0.2) is 6.07 Å².